The molecular weight excluding hydrogens is 498 g/mol. The number of carboxylic acid groups (broad SMARTS) is 3. The summed E-state index contributed by atoms with van der Waals surface area (Å²) in [7, 11) is 0. The maximum Gasteiger partial charge on any atom is 0.326 e. The Hall–Kier alpha value is -4.73. The Balaban J connectivity index is 2.99. The van der Waals surface area contributed by atoms with Gasteiger partial charge >= 0.3 is 17.9 Å². The topological polar surface area (TPSA) is 289 Å². The van der Waals surface area contributed by atoms with Gasteiger partial charge in [-0.3, -0.25) is 28.8 Å². The molecule has 0 radical (unpaired) electrons. The van der Waals surface area contributed by atoms with Gasteiger partial charge in [-0.15, -0.1) is 0 Å². The maximum absolute atomic E-state index is 12.7. The number of hydrogen-bond donors (Lipinski definition) is 9. The average molecular weight is 525 g/mol. The van der Waals surface area contributed by atoms with E-state index in [9.17, 15) is 38.7 Å². The molecule has 4 unspecified atom stereocenters. The third-order valence-electron chi connectivity index (χ3n) is 4.77. The predicted octanol–water partition coefficient (Wildman–Crippen LogP) is -3.37. The second-order valence-electron chi connectivity index (χ2n) is 7.86. The number of aromatic hydroxyl groups is 1. The second-order valence-corrected chi connectivity index (χ2v) is 7.86. The molecule has 0 saturated carbocycles. The van der Waals surface area contributed by atoms with E-state index < -0.39 is 85.0 Å². The summed E-state index contributed by atoms with van der Waals surface area (Å²) in [6.45, 7) is 0. The first-order chi connectivity index (χ1) is 17.2. The molecular formula is C21H27N5O11. The molecule has 16 nitrogen and oxygen atoms in total. The number of nitrogens with one attached hydrogen (secondary N) is 3. The van der Waals surface area contributed by atoms with Gasteiger partial charge in [-0.2, -0.15) is 0 Å². The third-order valence-corrected chi connectivity index (χ3v) is 4.77. The van der Waals surface area contributed by atoms with E-state index >= 15 is 0 Å². The van der Waals surface area contributed by atoms with Gasteiger partial charge in [0.25, 0.3) is 0 Å². The summed E-state index contributed by atoms with van der Waals surface area (Å²) < 4.78 is 0. The Morgan fingerprint density at radius 2 is 1.14 bits per heavy atom. The molecule has 4 amide bonds. The first kappa shape index (κ1) is 30.3. The lowest BCUT2D eigenvalue weighted by Crippen LogP contribution is -2.58. The Morgan fingerprint density at radius 3 is 1.54 bits per heavy atom. The normalized spacial score (nSPS) is 13.8. The molecule has 4 atom stereocenters. The number of phenols is 1. The van der Waals surface area contributed by atoms with E-state index in [-0.39, 0.29) is 12.2 Å². The van der Waals surface area contributed by atoms with Crippen LogP contribution in [0.2, 0.25) is 0 Å². The number of hydrogen-bond acceptors (Lipinski definition) is 9. The molecule has 1 aromatic rings. The Labute approximate surface area is 209 Å². The molecule has 0 heterocycles. The monoisotopic (exact) mass is 525 g/mol. The van der Waals surface area contributed by atoms with E-state index in [4.69, 9.17) is 26.8 Å². The minimum absolute atomic E-state index is 0.0239. The molecule has 16 heteroatoms. The molecule has 37 heavy (non-hydrogen) atoms. The smallest absolute Gasteiger partial charge is 0.326 e. The third kappa shape index (κ3) is 11.0. The van der Waals surface area contributed by atoms with Crippen LogP contribution in [0.5, 0.6) is 5.75 Å². The van der Waals surface area contributed by atoms with Gasteiger partial charge in [0.05, 0.1) is 25.3 Å². The fraction of sp³-hybridized carbons (Fsp3) is 0.381. The zero-order valence-corrected chi connectivity index (χ0v) is 19.2. The van der Waals surface area contributed by atoms with Crippen LogP contribution in [0.15, 0.2) is 24.3 Å². The molecule has 1 rings (SSSR count). The van der Waals surface area contributed by atoms with Crippen LogP contribution in [0.1, 0.15) is 24.8 Å². The highest BCUT2D eigenvalue weighted by Gasteiger charge is 2.33. The summed E-state index contributed by atoms with van der Waals surface area (Å²) in [4.78, 5) is 82.4. The standard InChI is InChI=1S/C21H27N5O11/c22-11(5-9-1-3-10(27)4-2-9)18(33)24-12(7-16(29)30)19(34)25-13(8-17(31)32)20(35)26-14(21(36)37)6-15(23)28/h1-4,11-14,27H,5-8,22H2,(H2,23,28)(H,24,33)(H,25,34)(H,26,35)(H,29,30)(H,31,32)(H,36,37). The van der Waals surface area contributed by atoms with Crippen molar-refractivity contribution >= 4 is 41.5 Å². The maximum atomic E-state index is 12.7. The van der Waals surface area contributed by atoms with Crippen LogP contribution in [0, 0.1) is 0 Å². The van der Waals surface area contributed by atoms with E-state index in [2.05, 4.69) is 5.32 Å². The molecule has 0 spiro atoms. The number of carbonyl (C=O) groups is 7. The van der Waals surface area contributed by atoms with Crippen LogP contribution in [-0.4, -0.2) is 86.1 Å². The van der Waals surface area contributed by atoms with Gasteiger partial charge in [-0.1, -0.05) is 12.1 Å². The molecule has 0 fully saturated rings. The molecule has 0 aliphatic carbocycles. The van der Waals surface area contributed by atoms with Crippen molar-refractivity contribution in [1.29, 1.82) is 0 Å². The number of carboxylic acids is 3. The summed E-state index contributed by atoms with van der Waals surface area (Å²) in [6, 6.07) is -1.09. The van der Waals surface area contributed by atoms with Crippen molar-refractivity contribution < 1.29 is 54.0 Å². The number of primary amides is 1. The summed E-state index contributed by atoms with van der Waals surface area (Å²) in [5, 5.41) is 42.6. The number of nitrogens with two attached hydrogens (primary N) is 2. The number of carbonyl (C=O) groups excluding carboxylic acids is 4. The SMILES string of the molecule is NC(=O)CC(NC(=O)C(CC(=O)O)NC(=O)C(CC(=O)O)NC(=O)C(N)Cc1ccc(O)cc1)C(=O)O. The molecule has 0 saturated heterocycles. The van der Waals surface area contributed by atoms with Gasteiger partial charge in [-0.25, -0.2) is 4.79 Å². The van der Waals surface area contributed by atoms with Crippen molar-refractivity contribution in [3.8, 4) is 5.75 Å². The number of amides is 4. The van der Waals surface area contributed by atoms with E-state index in [1.165, 1.54) is 24.3 Å². The highest BCUT2D eigenvalue weighted by Crippen LogP contribution is 2.11. The molecule has 0 bridgehead atoms. The van der Waals surface area contributed by atoms with Crippen LogP contribution in [0.25, 0.3) is 0 Å². The van der Waals surface area contributed by atoms with E-state index in [1.807, 2.05) is 10.6 Å². The van der Waals surface area contributed by atoms with Gasteiger partial charge in [0.1, 0.15) is 23.9 Å². The highest BCUT2D eigenvalue weighted by atomic mass is 16.4. The van der Waals surface area contributed by atoms with Crippen molar-refractivity contribution in [3.63, 3.8) is 0 Å². The van der Waals surface area contributed by atoms with Crippen LogP contribution < -0.4 is 27.4 Å². The lowest BCUT2D eigenvalue weighted by Gasteiger charge is -2.23. The zero-order valence-electron chi connectivity index (χ0n) is 19.2. The average Bonchev–Trinajstić information content (AvgIpc) is 2.78. The Morgan fingerprint density at radius 1 is 0.703 bits per heavy atom. The minimum Gasteiger partial charge on any atom is -0.508 e. The van der Waals surface area contributed by atoms with Gasteiger partial charge < -0.3 is 47.8 Å². The van der Waals surface area contributed by atoms with Crippen molar-refractivity contribution in [2.75, 3.05) is 0 Å². The van der Waals surface area contributed by atoms with Gasteiger partial charge in [-0.05, 0) is 24.1 Å². The minimum atomic E-state index is -1.90. The van der Waals surface area contributed by atoms with Crippen LogP contribution in [0.4, 0.5) is 0 Å². The summed E-state index contributed by atoms with van der Waals surface area (Å²) >= 11 is 0. The number of benzene rings is 1. The molecule has 0 aliphatic heterocycles. The van der Waals surface area contributed by atoms with Crippen molar-refractivity contribution in [2.24, 2.45) is 11.5 Å². The van der Waals surface area contributed by atoms with Crippen LogP contribution in [0.3, 0.4) is 0 Å². The van der Waals surface area contributed by atoms with Crippen LogP contribution in [-0.2, 0) is 40.0 Å². The fourth-order valence-electron chi connectivity index (χ4n) is 2.97. The summed E-state index contributed by atoms with van der Waals surface area (Å²) in [5.74, 6) is -9.41. The predicted molar refractivity (Wildman–Crippen MR) is 122 cm³/mol. The molecule has 202 valence electrons. The Bertz CT molecular complexity index is 1040. The van der Waals surface area contributed by atoms with E-state index in [0.717, 1.165) is 0 Å². The van der Waals surface area contributed by atoms with Gasteiger partial charge in [0.2, 0.25) is 23.6 Å². The molecule has 1 aromatic carbocycles. The number of aliphatic carboxylic acids is 3. The first-order valence-corrected chi connectivity index (χ1v) is 10.6. The lowest BCUT2D eigenvalue weighted by atomic mass is 10.0. The second kappa shape index (κ2) is 14.0. The summed E-state index contributed by atoms with van der Waals surface area (Å²) in [5.41, 5.74) is 11.3. The van der Waals surface area contributed by atoms with E-state index in [0.29, 0.717) is 5.56 Å². The summed E-state index contributed by atoms with van der Waals surface area (Å²) in [6.07, 6.45) is -2.89. The van der Waals surface area contributed by atoms with Crippen LogP contribution >= 0.6 is 0 Å². The zero-order chi connectivity index (χ0) is 28.3. The van der Waals surface area contributed by atoms with Crippen molar-refractivity contribution in [2.45, 2.75) is 49.9 Å². The van der Waals surface area contributed by atoms with Gasteiger partial charge in [0, 0.05) is 0 Å². The quantitative estimate of drug-likeness (QED) is 0.108. The van der Waals surface area contributed by atoms with Crippen molar-refractivity contribution in [3.05, 3.63) is 29.8 Å². The van der Waals surface area contributed by atoms with Crippen molar-refractivity contribution in [1.82, 2.24) is 16.0 Å². The highest BCUT2D eigenvalue weighted by molar-refractivity contribution is 5.97. The lowest BCUT2D eigenvalue weighted by molar-refractivity contribution is -0.145. The molecule has 0 aromatic heterocycles. The number of rotatable bonds is 15. The molecule has 0 aliphatic rings. The molecule has 11 N–H and O–H groups in total. The largest absolute Gasteiger partial charge is 0.508 e. The first-order valence-electron chi connectivity index (χ1n) is 10.6. The van der Waals surface area contributed by atoms with Gasteiger partial charge in [0.15, 0.2) is 0 Å². The number of phenolic OH excluding ortho intramolecular Hbond substituents is 1. The van der Waals surface area contributed by atoms with E-state index in [1.54, 1.807) is 0 Å². The fourth-order valence-corrected chi connectivity index (χ4v) is 2.97. The Kier molecular flexibility index (Phi) is 11.4.